The summed E-state index contributed by atoms with van der Waals surface area (Å²) in [5.41, 5.74) is 0. The van der Waals surface area contributed by atoms with Gasteiger partial charge in [0.15, 0.2) is 0 Å². The Balaban J connectivity index is 2.22. The molecule has 1 heterocycles. The lowest BCUT2D eigenvalue weighted by molar-refractivity contribution is 0.251. The van der Waals surface area contributed by atoms with Crippen LogP contribution >= 0.6 is 11.8 Å². The highest BCUT2D eigenvalue weighted by molar-refractivity contribution is 7.98. The third kappa shape index (κ3) is 6.35. The van der Waals surface area contributed by atoms with Crippen molar-refractivity contribution in [2.24, 2.45) is 0 Å². The van der Waals surface area contributed by atoms with Gasteiger partial charge in [-0.3, -0.25) is 0 Å². The van der Waals surface area contributed by atoms with Crippen LogP contribution in [0.3, 0.4) is 0 Å². The largest absolute Gasteiger partial charge is 0.464 e. The monoisotopic (exact) mass is 259 g/mol. The average Bonchev–Trinajstić information content (AvgIpc) is 2.74. The van der Waals surface area contributed by atoms with Gasteiger partial charge in [-0.05, 0) is 19.1 Å². The molecule has 0 amide bonds. The Bertz CT molecular complexity index is 381. The summed E-state index contributed by atoms with van der Waals surface area (Å²) in [7, 11) is 0. The van der Waals surface area contributed by atoms with Crippen LogP contribution in [0.1, 0.15) is 24.9 Å². The van der Waals surface area contributed by atoms with Gasteiger partial charge in [0.2, 0.25) is 0 Å². The predicted molar refractivity (Wildman–Crippen MR) is 65.8 cm³/mol. The van der Waals surface area contributed by atoms with Crippen molar-refractivity contribution in [2.75, 3.05) is 6.54 Å². The van der Waals surface area contributed by atoms with Crippen molar-refractivity contribution in [3.63, 3.8) is 0 Å². The number of halogens is 2. The molecule has 0 bridgehead atoms. The van der Waals surface area contributed by atoms with Crippen LogP contribution in [0.15, 0.2) is 16.5 Å². The molecule has 5 heteroatoms. The van der Waals surface area contributed by atoms with Gasteiger partial charge in [-0.15, -0.1) is 11.8 Å². The first-order chi connectivity index (χ1) is 8.22. The van der Waals surface area contributed by atoms with Gasteiger partial charge >= 0.3 is 0 Å². The lowest BCUT2D eigenvalue weighted by Crippen LogP contribution is -2.13. The molecule has 1 N–H and O–H groups in total. The van der Waals surface area contributed by atoms with Crippen molar-refractivity contribution in [2.45, 2.75) is 31.4 Å². The number of furan rings is 1. The Kier molecular flexibility index (Phi) is 6.75. The maximum absolute atomic E-state index is 11.9. The number of hydrogen-bond donors (Lipinski definition) is 1. The van der Waals surface area contributed by atoms with Crippen LogP contribution in [0.4, 0.5) is 8.78 Å². The van der Waals surface area contributed by atoms with E-state index in [9.17, 15) is 8.78 Å². The zero-order valence-electron chi connectivity index (χ0n) is 9.63. The number of alkyl halides is 2. The van der Waals surface area contributed by atoms with Crippen LogP contribution in [0.5, 0.6) is 0 Å². The topological polar surface area (TPSA) is 25.2 Å². The van der Waals surface area contributed by atoms with E-state index in [0.717, 1.165) is 18.7 Å². The normalized spacial score (nSPS) is 10.4. The summed E-state index contributed by atoms with van der Waals surface area (Å²) in [5.74, 6) is 4.96. The standard InChI is InChI=1S/C12H15F2NOS/c1-2-3-4-7-15-8-10-5-6-11(16-10)9-17-12(13)14/h5-6,12,15H,4,7-9H2,1H3. The highest BCUT2D eigenvalue weighted by Gasteiger charge is 2.06. The molecule has 94 valence electrons. The van der Waals surface area contributed by atoms with E-state index < -0.39 is 5.76 Å². The minimum absolute atomic E-state index is 0.207. The molecule has 0 radical (unpaired) electrons. The van der Waals surface area contributed by atoms with Gasteiger partial charge in [0.25, 0.3) is 5.76 Å². The summed E-state index contributed by atoms with van der Waals surface area (Å²) >= 11 is 0.567. The summed E-state index contributed by atoms with van der Waals surface area (Å²) in [4.78, 5) is 0. The Morgan fingerprint density at radius 3 is 2.88 bits per heavy atom. The minimum atomic E-state index is -2.35. The van der Waals surface area contributed by atoms with Crippen molar-refractivity contribution < 1.29 is 13.2 Å². The third-order valence-corrected chi connectivity index (χ3v) is 2.67. The van der Waals surface area contributed by atoms with Crippen LogP contribution in [-0.4, -0.2) is 12.3 Å². The molecule has 0 aliphatic carbocycles. The highest BCUT2D eigenvalue weighted by Crippen LogP contribution is 2.21. The molecule has 0 saturated heterocycles. The van der Waals surface area contributed by atoms with Crippen LogP contribution < -0.4 is 5.32 Å². The van der Waals surface area contributed by atoms with Gasteiger partial charge in [-0.25, -0.2) is 0 Å². The molecule has 0 unspecified atom stereocenters. The van der Waals surface area contributed by atoms with E-state index in [4.69, 9.17) is 4.42 Å². The Labute approximate surface area is 104 Å². The first kappa shape index (κ1) is 14.1. The summed E-state index contributed by atoms with van der Waals surface area (Å²) in [6, 6.07) is 3.54. The zero-order chi connectivity index (χ0) is 12.5. The summed E-state index contributed by atoms with van der Waals surface area (Å²) in [6.07, 6.45) is 0.797. The number of hydrogen-bond acceptors (Lipinski definition) is 3. The van der Waals surface area contributed by atoms with E-state index >= 15 is 0 Å². The number of rotatable bonds is 7. The molecule has 1 rings (SSSR count). The van der Waals surface area contributed by atoms with Gasteiger partial charge in [0.1, 0.15) is 11.5 Å². The molecule has 17 heavy (non-hydrogen) atoms. The molecule has 0 aliphatic rings. The molecule has 0 saturated carbocycles. The first-order valence-corrected chi connectivity index (χ1v) is 6.35. The molecule has 0 aliphatic heterocycles. The van der Waals surface area contributed by atoms with Gasteiger partial charge < -0.3 is 9.73 Å². The SMILES string of the molecule is CC#CCCNCc1ccc(CSC(F)F)o1. The molecular weight excluding hydrogens is 244 g/mol. The number of nitrogens with one attached hydrogen (secondary N) is 1. The number of thioether (sulfide) groups is 1. The van der Waals surface area contributed by atoms with Crippen LogP contribution in [-0.2, 0) is 12.3 Å². The van der Waals surface area contributed by atoms with Crippen LogP contribution in [0, 0.1) is 11.8 Å². The van der Waals surface area contributed by atoms with Gasteiger partial charge in [-0.2, -0.15) is 8.78 Å². The van der Waals surface area contributed by atoms with Crippen LogP contribution in [0.25, 0.3) is 0 Å². The molecule has 0 spiro atoms. The highest BCUT2D eigenvalue weighted by atomic mass is 32.2. The second kappa shape index (κ2) is 8.15. The molecule has 0 atom stereocenters. The van der Waals surface area contributed by atoms with E-state index in [-0.39, 0.29) is 5.75 Å². The fraction of sp³-hybridized carbons (Fsp3) is 0.500. The first-order valence-electron chi connectivity index (χ1n) is 5.30. The van der Waals surface area contributed by atoms with E-state index in [1.54, 1.807) is 19.1 Å². The fourth-order valence-electron chi connectivity index (χ4n) is 1.23. The van der Waals surface area contributed by atoms with Crippen molar-refractivity contribution in [3.8, 4) is 11.8 Å². The Hall–Kier alpha value is -0.990. The van der Waals surface area contributed by atoms with E-state index in [1.165, 1.54) is 0 Å². The lowest BCUT2D eigenvalue weighted by Gasteiger charge is -1.99. The van der Waals surface area contributed by atoms with Crippen molar-refractivity contribution in [3.05, 3.63) is 23.7 Å². The van der Waals surface area contributed by atoms with Crippen molar-refractivity contribution in [1.82, 2.24) is 5.32 Å². The molecule has 2 nitrogen and oxygen atoms in total. The summed E-state index contributed by atoms with van der Waals surface area (Å²) in [5, 5.41) is 3.16. The molecule has 1 aromatic rings. The quantitative estimate of drug-likeness (QED) is 0.601. The molecular formula is C12H15F2NOS. The Morgan fingerprint density at radius 1 is 1.41 bits per heavy atom. The lowest BCUT2D eigenvalue weighted by atomic mass is 10.4. The van der Waals surface area contributed by atoms with E-state index in [0.29, 0.717) is 24.1 Å². The summed E-state index contributed by atoms with van der Waals surface area (Å²) < 4.78 is 29.3. The van der Waals surface area contributed by atoms with Crippen molar-refractivity contribution >= 4 is 11.8 Å². The van der Waals surface area contributed by atoms with Gasteiger partial charge in [0, 0.05) is 13.0 Å². The van der Waals surface area contributed by atoms with E-state index in [1.807, 2.05) is 0 Å². The fourth-order valence-corrected chi connectivity index (χ4v) is 1.67. The maximum atomic E-state index is 11.9. The maximum Gasteiger partial charge on any atom is 0.284 e. The molecule has 1 aromatic heterocycles. The van der Waals surface area contributed by atoms with E-state index in [2.05, 4.69) is 17.2 Å². The second-order valence-corrected chi connectivity index (χ2v) is 4.27. The molecule has 0 fully saturated rings. The third-order valence-electron chi connectivity index (χ3n) is 1.97. The zero-order valence-corrected chi connectivity index (χ0v) is 10.4. The van der Waals surface area contributed by atoms with Crippen LogP contribution in [0.2, 0.25) is 0 Å². The Morgan fingerprint density at radius 2 is 2.18 bits per heavy atom. The van der Waals surface area contributed by atoms with Gasteiger partial charge in [-0.1, -0.05) is 11.8 Å². The van der Waals surface area contributed by atoms with Crippen molar-refractivity contribution in [1.29, 1.82) is 0 Å². The predicted octanol–water partition coefficient (Wildman–Crippen LogP) is 3.24. The second-order valence-electron chi connectivity index (χ2n) is 3.29. The average molecular weight is 259 g/mol. The summed E-state index contributed by atoms with van der Waals surface area (Å²) in [6.45, 7) is 3.20. The van der Waals surface area contributed by atoms with Gasteiger partial charge in [0.05, 0.1) is 12.3 Å². The smallest absolute Gasteiger partial charge is 0.284 e. The molecule has 0 aromatic carbocycles. The minimum Gasteiger partial charge on any atom is -0.464 e.